The number of halogens is 1. The molecule has 0 amide bonds. The van der Waals surface area contributed by atoms with Crippen LogP contribution < -0.4 is 9.62 Å². The molecule has 0 radical (unpaired) electrons. The van der Waals surface area contributed by atoms with Crippen molar-refractivity contribution in [2.75, 3.05) is 31.1 Å². The highest BCUT2D eigenvalue weighted by molar-refractivity contribution is 7.87. The van der Waals surface area contributed by atoms with Gasteiger partial charge in [0.05, 0.1) is 0 Å². The summed E-state index contributed by atoms with van der Waals surface area (Å²) in [4.78, 5) is 13.4. The maximum atomic E-state index is 12.7. The lowest BCUT2D eigenvalue weighted by Gasteiger charge is -2.34. The molecule has 1 fully saturated rings. The molecule has 1 saturated heterocycles. The van der Waals surface area contributed by atoms with Crippen molar-refractivity contribution in [1.82, 2.24) is 19.2 Å². The molecule has 11 heteroatoms. The van der Waals surface area contributed by atoms with Gasteiger partial charge in [0.15, 0.2) is 11.0 Å². The first kappa shape index (κ1) is 20.5. The van der Waals surface area contributed by atoms with Gasteiger partial charge in [-0.1, -0.05) is 41.9 Å². The van der Waals surface area contributed by atoms with Crippen molar-refractivity contribution >= 4 is 33.6 Å². The van der Waals surface area contributed by atoms with Gasteiger partial charge in [-0.3, -0.25) is 4.79 Å². The fraction of sp³-hybridized carbons (Fsp3) is 0.353. The topological polar surface area (TPSA) is 116 Å². The van der Waals surface area contributed by atoms with E-state index in [2.05, 4.69) is 14.9 Å². The van der Waals surface area contributed by atoms with Crippen molar-refractivity contribution in [2.24, 2.45) is 0 Å². The van der Waals surface area contributed by atoms with E-state index >= 15 is 0 Å². The summed E-state index contributed by atoms with van der Waals surface area (Å²) < 4.78 is 28.9. The SMILES string of the molecule is O=C(O)C(Cc1ccccc1)NS(=O)(=O)N1CCN(c2ccc(Cl)nn2)CC1. The van der Waals surface area contributed by atoms with Crippen molar-refractivity contribution in [3.63, 3.8) is 0 Å². The molecule has 9 nitrogen and oxygen atoms in total. The third-order valence-electron chi connectivity index (χ3n) is 4.39. The maximum absolute atomic E-state index is 12.7. The second-order valence-electron chi connectivity index (χ2n) is 6.30. The number of hydrogen-bond acceptors (Lipinski definition) is 6. The summed E-state index contributed by atoms with van der Waals surface area (Å²) in [5.74, 6) is -0.607. The van der Waals surface area contributed by atoms with Crippen LogP contribution in [0.25, 0.3) is 0 Å². The first-order valence-electron chi connectivity index (χ1n) is 8.63. The smallest absolute Gasteiger partial charge is 0.322 e. The Kier molecular flexibility index (Phi) is 6.45. The Bertz CT molecular complexity index is 903. The molecule has 3 rings (SSSR count). The average Bonchev–Trinajstić information content (AvgIpc) is 2.69. The Labute approximate surface area is 168 Å². The second kappa shape index (κ2) is 8.82. The summed E-state index contributed by atoms with van der Waals surface area (Å²) in [7, 11) is -3.94. The number of aromatic nitrogens is 2. The van der Waals surface area contributed by atoms with Gasteiger partial charge in [0.1, 0.15) is 6.04 Å². The van der Waals surface area contributed by atoms with Crippen LogP contribution in [0.3, 0.4) is 0 Å². The minimum atomic E-state index is -3.94. The van der Waals surface area contributed by atoms with Crippen molar-refractivity contribution in [2.45, 2.75) is 12.5 Å². The van der Waals surface area contributed by atoms with Crippen LogP contribution >= 0.6 is 11.6 Å². The van der Waals surface area contributed by atoms with Crippen LogP contribution in [0.4, 0.5) is 5.82 Å². The van der Waals surface area contributed by atoms with Crippen LogP contribution in [-0.4, -0.2) is 66.2 Å². The van der Waals surface area contributed by atoms with Crippen LogP contribution in [-0.2, 0) is 21.4 Å². The average molecular weight is 426 g/mol. The fourth-order valence-electron chi connectivity index (χ4n) is 2.92. The van der Waals surface area contributed by atoms with Crippen molar-refractivity contribution in [3.05, 3.63) is 53.2 Å². The van der Waals surface area contributed by atoms with Gasteiger partial charge in [-0.05, 0) is 24.1 Å². The van der Waals surface area contributed by atoms with E-state index in [-0.39, 0.29) is 24.7 Å². The summed E-state index contributed by atoms with van der Waals surface area (Å²) in [5, 5.41) is 17.5. The van der Waals surface area contributed by atoms with E-state index in [1.54, 1.807) is 36.4 Å². The Hall–Kier alpha value is -2.27. The molecule has 150 valence electrons. The molecule has 0 aliphatic carbocycles. The first-order chi connectivity index (χ1) is 13.3. The molecule has 1 aliphatic heterocycles. The molecule has 2 N–H and O–H groups in total. The van der Waals surface area contributed by atoms with Crippen molar-refractivity contribution in [1.29, 1.82) is 0 Å². The summed E-state index contributed by atoms with van der Waals surface area (Å²) >= 11 is 5.73. The highest BCUT2D eigenvalue weighted by Gasteiger charge is 2.31. The van der Waals surface area contributed by atoms with Gasteiger partial charge in [-0.15, -0.1) is 10.2 Å². The Balaban J connectivity index is 1.62. The number of carboxylic acid groups (broad SMARTS) is 1. The summed E-state index contributed by atoms with van der Waals surface area (Å²) in [6.45, 7) is 1.23. The van der Waals surface area contributed by atoms with Crippen molar-refractivity contribution < 1.29 is 18.3 Å². The minimum absolute atomic E-state index is 0.0652. The molecule has 0 saturated carbocycles. The maximum Gasteiger partial charge on any atom is 0.322 e. The number of aliphatic carboxylic acids is 1. The molecular formula is C17H20ClN5O4S. The molecule has 0 bridgehead atoms. The normalized spacial score (nSPS) is 16.7. The third-order valence-corrected chi connectivity index (χ3v) is 6.22. The van der Waals surface area contributed by atoms with Gasteiger partial charge in [-0.2, -0.15) is 17.4 Å². The van der Waals surface area contributed by atoms with Gasteiger partial charge >= 0.3 is 5.97 Å². The van der Waals surface area contributed by atoms with Crippen LogP contribution in [0.1, 0.15) is 5.56 Å². The molecule has 1 aromatic carbocycles. The van der Waals surface area contributed by atoms with E-state index in [9.17, 15) is 18.3 Å². The van der Waals surface area contributed by atoms with Gasteiger partial charge in [0, 0.05) is 26.2 Å². The number of piperazine rings is 1. The standard InChI is InChI=1S/C17H20ClN5O4S/c18-15-6-7-16(20-19-15)22-8-10-23(11-9-22)28(26,27)21-14(17(24)25)12-13-4-2-1-3-5-13/h1-7,14,21H,8-12H2,(H,24,25). The fourth-order valence-corrected chi connectivity index (χ4v) is 4.36. The minimum Gasteiger partial charge on any atom is -0.480 e. The quantitative estimate of drug-likeness (QED) is 0.673. The van der Waals surface area contributed by atoms with E-state index in [1.807, 2.05) is 11.0 Å². The lowest BCUT2D eigenvalue weighted by Crippen LogP contribution is -2.55. The molecule has 1 atom stereocenters. The number of nitrogens with zero attached hydrogens (tertiary/aromatic N) is 4. The molecule has 0 spiro atoms. The van der Waals surface area contributed by atoms with Gasteiger partial charge in [0.25, 0.3) is 10.2 Å². The highest BCUT2D eigenvalue weighted by atomic mass is 35.5. The van der Waals surface area contributed by atoms with Crippen LogP contribution in [0, 0.1) is 0 Å². The summed E-state index contributed by atoms with van der Waals surface area (Å²) in [6, 6.07) is 11.0. The van der Waals surface area contributed by atoms with E-state index in [0.29, 0.717) is 18.9 Å². The zero-order valence-corrected chi connectivity index (χ0v) is 16.5. The monoisotopic (exact) mass is 425 g/mol. The van der Waals surface area contributed by atoms with Crippen LogP contribution in [0.2, 0.25) is 5.15 Å². The van der Waals surface area contributed by atoms with E-state index in [4.69, 9.17) is 11.6 Å². The second-order valence-corrected chi connectivity index (χ2v) is 8.39. The Morgan fingerprint density at radius 2 is 1.79 bits per heavy atom. The Morgan fingerprint density at radius 3 is 2.36 bits per heavy atom. The highest BCUT2D eigenvalue weighted by Crippen LogP contribution is 2.16. The number of nitrogens with one attached hydrogen (secondary N) is 1. The van der Waals surface area contributed by atoms with Crippen molar-refractivity contribution in [3.8, 4) is 0 Å². The van der Waals surface area contributed by atoms with E-state index in [0.717, 1.165) is 5.56 Å². The van der Waals surface area contributed by atoms with Crippen LogP contribution in [0.15, 0.2) is 42.5 Å². The first-order valence-corrected chi connectivity index (χ1v) is 10.5. The molecule has 1 aliphatic rings. The molecule has 28 heavy (non-hydrogen) atoms. The molecule has 1 aromatic heterocycles. The lowest BCUT2D eigenvalue weighted by atomic mass is 10.1. The molecular weight excluding hydrogens is 406 g/mol. The molecule has 2 heterocycles. The predicted molar refractivity (Wildman–Crippen MR) is 104 cm³/mol. The summed E-state index contributed by atoms with van der Waals surface area (Å²) in [6.07, 6.45) is 0.0652. The Morgan fingerprint density at radius 1 is 1.11 bits per heavy atom. The predicted octanol–water partition coefficient (Wildman–Crippen LogP) is 0.782. The van der Waals surface area contributed by atoms with Gasteiger partial charge < -0.3 is 10.0 Å². The van der Waals surface area contributed by atoms with Crippen LogP contribution in [0.5, 0.6) is 0 Å². The zero-order chi connectivity index (χ0) is 20.1. The molecule has 1 unspecified atom stereocenters. The number of anilines is 1. The largest absolute Gasteiger partial charge is 0.480 e. The third kappa shape index (κ3) is 5.16. The summed E-state index contributed by atoms with van der Waals surface area (Å²) in [5.41, 5.74) is 0.740. The number of hydrogen-bond donors (Lipinski definition) is 2. The molecule has 2 aromatic rings. The van der Waals surface area contributed by atoms with E-state index < -0.39 is 22.2 Å². The van der Waals surface area contributed by atoms with Gasteiger partial charge in [-0.25, -0.2) is 0 Å². The zero-order valence-electron chi connectivity index (χ0n) is 14.9. The number of rotatable bonds is 7. The number of carbonyl (C=O) groups is 1. The van der Waals surface area contributed by atoms with E-state index in [1.165, 1.54) is 4.31 Å². The number of carboxylic acids is 1. The van der Waals surface area contributed by atoms with Gasteiger partial charge in [0.2, 0.25) is 0 Å². The number of benzene rings is 1. The lowest BCUT2D eigenvalue weighted by molar-refractivity contribution is -0.138.